The number of benzene rings is 1. The number of furan rings is 1. The van der Waals surface area contributed by atoms with Crippen LogP contribution in [-0.2, 0) is 11.3 Å². The van der Waals surface area contributed by atoms with Crippen LogP contribution in [0.15, 0.2) is 64.4 Å². The first-order chi connectivity index (χ1) is 16.6. The van der Waals surface area contributed by atoms with Crippen molar-refractivity contribution in [3.05, 3.63) is 71.3 Å². The molecule has 0 atom stereocenters. The van der Waals surface area contributed by atoms with E-state index in [0.717, 1.165) is 61.9 Å². The van der Waals surface area contributed by atoms with Crippen LogP contribution in [0, 0.1) is 5.92 Å². The molecule has 34 heavy (non-hydrogen) atoms. The Labute approximate surface area is 201 Å². The second-order valence-corrected chi connectivity index (χ2v) is 9.42. The number of amides is 2. The summed E-state index contributed by atoms with van der Waals surface area (Å²) in [4.78, 5) is 34.7. The molecule has 2 saturated heterocycles. The normalized spacial score (nSPS) is 18.0. The fourth-order valence-corrected chi connectivity index (χ4v) is 4.86. The third kappa shape index (κ3) is 5.37. The van der Waals surface area contributed by atoms with E-state index in [0.29, 0.717) is 22.5 Å². The van der Waals surface area contributed by atoms with E-state index in [9.17, 15) is 9.59 Å². The van der Waals surface area contributed by atoms with Gasteiger partial charge in [0.25, 0.3) is 11.1 Å². The van der Waals surface area contributed by atoms with E-state index in [1.807, 2.05) is 6.07 Å². The molecule has 0 aliphatic carbocycles. The highest BCUT2D eigenvalue weighted by molar-refractivity contribution is 8.18. The average molecular weight is 476 g/mol. The molecular formula is C25H25N5O3S. The fourth-order valence-electron chi connectivity index (χ4n) is 4.20. The highest BCUT2D eigenvalue weighted by atomic mass is 32.2. The lowest BCUT2D eigenvalue weighted by Crippen LogP contribution is -2.38. The lowest BCUT2D eigenvalue weighted by molar-refractivity contribution is -0.115. The van der Waals surface area contributed by atoms with Gasteiger partial charge in [0.2, 0.25) is 5.95 Å². The van der Waals surface area contributed by atoms with Crippen LogP contribution < -0.4 is 15.5 Å². The maximum absolute atomic E-state index is 11.8. The number of anilines is 1. The Kier molecular flexibility index (Phi) is 6.73. The molecule has 9 heteroatoms. The van der Waals surface area contributed by atoms with Gasteiger partial charge in [0.1, 0.15) is 0 Å². The molecule has 1 aromatic carbocycles. The lowest BCUT2D eigenvalue weighted by atomic mass is 9.97. The molecular weight excluding hydrogens is 450 g/mol. The van der Waals surface area contributed by atoms with Gasteiger partial charge in [-0.2, -0.15) is 0 Å². The van der Waals surface area contributed by atoms with Crippen LogP contribution >= 0.6 is 11.8 Å². The highest BCUT2D eigenvalue weighted by Gasteiger charge is 2.25. The van der Waals surface area contributed by atoms with Crippen LogP contribution in [0.1, 0.15) is 24.1 Å². The van der Waals surface area contributed by atoms with Crippen LogP contribution in [0.2, 0.25) is 0 Å². The number of piperidine rings is 1. The lowest BCUT2D eigenvalue weighted by Gasteiger charge is -2.32. The summed E-state index contributed by atoms with van der Waals surface area (Å²) in [7, 11) is 0. The van der Waals surface area contributed by atoms with Crippen LogP contribution in [0.5, 0.6) is 0 Å². The molecule has 2 aliphatic rings. The number of thioether (sulfide) groups is 1. The second-order valence-electron chi connectivity index (χ2n) is 8.41. The first-order valence-corrected chi connectivity index (χ1v) is 12.1. The van der Waals surface area contributed by atoms with E-state index in [-0.39, 0.29) is 11.1 Å². The maximum atomic E-state index is 11.8. The highest BCUT2D eigenvalue weighted by Crippen LogP contribution is 2.26. The maximum Gasteiger partial charge on any atom is 0.290 e. The number of hydrogen-bond donors (Lipinski definition) is 2. The fraction of sp³-hybridized carbons (Fsp3) is 0.280. The summed E-state index contributed by atoms with van der Waals surface area (Å²) in [5, 5.41) is 5.51. The van der Waals surface area contributed by atoms with Gasteiger partial charge < -0.3 is 14.6 Å². The zero-order valence-corrected chi connectivity index (χ0v) is 19.4. The number of nitrogens with one attached hydrogen (secondary N) is 2. The standard InChI is InChI=1S/C25H25N5O3S/c31-23-22(34-25(32)29-23)13-21-4-8-27-24(28-21)30-9-5-17(6-10-30)14-26-15-18-2-1-3-19(12-18)20-7-11-33-16-20/h1-4,7-8,11-13,16-17,26H,5-6,9-10,14-15H2,(H,29,31,32). The molecule has 0 unspecified atom stereocenters. The minimum Gasteiger partial charge on any atom is -0.472 e. The van der Waals surface area contributed by atoms with Gasteiger partial charge in [-0.3, -0.25) is 14.9 Å². The zero-order valence-electron chi connectivity index (χ0n) is 18.6. The van der Waals surface area contributed by atoms with Gasteiger partial charge in [0, 0.05) is 31.4 Å². The van der Waals surface area contributed by atoms with Gasteiger partial charge in [-0.1, -0.05) is 18.2 Å². The summed E-state index contributed by atoms with van der Waals surface area (Å²) in [6.45, 7) is 3.57. The van der Waals surface area contributed by atoms with Crippen LogP contribution in [0.4, 0.5) is 10.7 Å². The van der Waals surface area contributed by atoms with Crippen molar-refractivity contribution in [3.8, 4) is 11.1 Å². The Hall–Kier alpha value is -3.43. The number of hydrogen-bond acceptors (Lipinski definition) is 8. The Morgan fingerprint density at radius 2 is 2.06 bits per heavy atom. The number of rotatable bonds is 7. The predicted octanol–water partition coefficient (Wildman–Crippen LogP) is 4.07. The summed E-state index contributed by atoms with van der Waals surface area (Å²) < 4.78 is 5.19. The molecule has 0 saturated carbocycles. The Morgan fingerprint density at radius 1 is 1.18 bits per heavy atom. The quantitative estimate of drug-likeness (QED) is 0.494. The van der Waals surface area contributed by atoms with Crippen LogP contribution in [0.25, 0.3) is 17.2 Å². The minimum atomic E-state index is -0.378. The minimum absolute atomic E-state index is 0.355. The van der Waals surface area contributed by atoms with E-state index >= 15 is 0 Å². The van der Waals surface area contributed by atoms with Gasteiger partial charge >= 0.3 is 0 Å². The van der Waals surface area contributed by atoms with Gasteiger partial charge in [-0.15, -0.1) is 0 Å². The van der Waals surface area contributed by atoms with Crippen LogP contribution in [0.3, 0.4) is 0 Å². The molecule has 8 nitrogen and oxygen atoms in total. The molecule has 2 fully saturated rings. The van der Waals surface area contributed by atoms with Crippen LogP contribution in [-0.4, -0.2) is 40.7 Å². The van der Waals surface area contributed by atoms with Crippen molar-refractivity contribution in [3.63, 3.8) is 0 Å². The molecule has 3 aromatic rings. The number of carbonyl (C=O) groups is 2. The number of imide groups is 1. The largest absolute Gasteiger partial charge is 0.472 e. The molecule has 0 bridgehead atoms. The molecule has 5 rings (SSSR count). The van der Waals surface area contributed by atoms with Crippen molar-refractivity contribution < 1.29 is 14.0 Å². The Balaban J connectivity index is 1.11. The molecule has 4 heterocycles. The molecule has 2 N–H and O–H groups in total. The van der Waals surface area contributed by atoms with Gasteiger partial charge in [-0.05, 0) is 72.5 Å². The number of aromatic nitrogens is 2. The second kappa shape index (κ2) is 10.2. The smallest absolute Gasteiger partial charge is 0.290 e. The number of carbonyl (C=O) groups excluding carboxylic acids is 2. The predicted molar refractivity (Wildman–Crippen MR) is 132 cm³/mol. The third-order valence-corrected chi connectivity index (χ3v) is 6.84. The molecule has 2 aliphatic heterocycles. The third-order valence-electron chi connectivity index (χ3n) is 6.03. The summed E-state index contributed by atoms with van der Waals surface area (Å²) in [5.74, 6) is 0.881. The van der Waals surface area contributed by atoms with E-state index < -0.39 is 0 Å². The van der Waals surface area contributed by atoms with E-state index in [2.05, 4.69) is 49.8 Å². The van der Waals surface area contributed by atoms with Crippen molar-refractivity contribution in [2.75, 3.05) is 24.5 Å². The first-order valence-electron chi connectivity index (χ1n) is 11.3. The van der Waals surface area contributed by atoms with Crippen molar-refractivity contribution >= 4 is 34.9 Å². The van der Waals surface area contributed by atoms with Crippen molar-refractivity contribution in [1.82, 2.24) is 20.6 Å². The van der Waals surface area contributed by atoms with Gasteiger partial charge in [0.05, 0.1) is 23.1 Å². The summed E-state index contributed by atoms with van der Waals surface area (Å²) in [6.07, 6.45) is 8.91. The molecule has 174 valence electrons. The Morgan fingerprint density at radius 3 is 2.82 bits per heavy atom. The average Bonchev–Trinajstić information content (AvgIpc) is 3.50. The SMILES string of the molecule is O=C1NC(=O)C(=Cc2ccnc(N3CCC(CNCc4cccc(-c5ccoc5)c4)CC3)n2)S1. The topological polar surface area (TPSA) is 100 Å². The molecule has 2 aromatic heterocycles. The zero-order chi connectivity index (χ0) is 23.3. The Bertz CT molecular complexity index is 1200. The monoisotopic (exact) mass is 475 g/mol. The summed E-state index contributed by atoms with van der Waals surface area (Å²) in [5.41, 5.74) is 4.14. The first kappa shape index (κ1) is 22.4. The van der Waals surface area contributed by atoms with E-state index in [1.165, 1.54) is 5.56 Å². The number of nitrogens with zero attached hydrogens (tertiary/aromatic N) is 3. The van der Waals surface area contributed by atoms with Crippen molar-refractivity contribution in [2.45, 2.75) is 19.4 Å². The van der Waals surface area contributed by atoms with Gasteiger partial charge in [0.15, 0.2) is 0 Å². The summed E-state index contributed by atoms with van der Waals surface area (Å²) >= 11 is 0.892. The van der Waals surface area contributed by atoms with E-state index in [4.69, 9.17) is 4.42 Å². The summed E-state index contributed by atoms with van der Waals surface area (Å²) in [6, 6.07) is 12.2. The van der Waals surface area contributed by atoms with Crippen molar-refractivity contribution in [1.29, 1.82) is 0 Å². The van der Waals surface area contributed by atoms with E-state index in [1.54, 1.807) is 30.9 Å². The molecule has 0 spiro atoms. The molecule has 2 amide bonds. The van der Waals surface area contributed by atoms with Gasteiger partial charge in [-0.25, -0.2) is 9.97 Å². The van der Waals surface area contributed by atoms with Crippen molar-refractivity contribution in [2.24, 2.45) is 5.92 Å². The molecule has 0 radical (unpaired) electrons.